The van der Waals surface area contributed by atoms with Gasteiger partial charge >= 0.3 is 0 Å². The number of Topliss-reactive ketones (excluding diaryl/α,β-unsaturated/α-hetero) is 1. The third-order valence-corrected chi connectivity index (χ3v) is 6.99. The van der Waals surface area contributed by atoms with E-state index in [1.165, 1.54) is 16.0 Å². The summed E-state index contributed by atoms with van der Waals surface area (Å²) in [6, 6.07) is 33.3. The first-order valence-electron chi connectivity index (χ1n) is 9.76. The molecule has 1 nitrogen and oxygen atoms in total. The Kier molecular flexibility index (Phi) is 6.60. The zero-order valence-electron chi connectivity index (χ0n) is 16.1. The highest BCUT2D eigenvalue weighted by Gasteiger charge is 2.10. The zero-order valence-corrected chi connectivity index (χ0v) is 17.7. The van der Waals surface area contributed by atoms with E-state index in [0.717, 1.165) is 27.5 Å². The van der Waals surface area contributed by atoms with Crippen LogP contribution in [0.1, 0.15) is 22.5 Å². The van der Waals surface area contributed by atoms with Gasteiger partial charge in [0.2, 0.25) is 0 Å². The van der Waals surface area contributed by atoms with E-state index in [4.69, 9.17) is 0 Å². The van der Waals surface area contributed by atoms with E-state index in [1.54, 1.807) is 11.3 Å². The predicted molar refractivity (Wildman–Crippen MR) is 126 cm³/mol. The van der Waals surface area contributed by atoms with Gasteiger partial charge in [-0.05, 0) is 53.1 Å². The fourth-order valence-electron chi connectivity index (χ4n) is 3.16. The van der Waals surface area contributed by atoms with E-state index in [-0.39, 0.29) is 5.78 Å². The molecule has 3 heteroatoms. The molecule has 1 aromatic heterocycles. The maximum atomic E-state index is 12.5. The largest absolute Gasteiger partial charge is 0.293 e. The lowest BCUT2D eigenvalue weighted by Gasteiger charge is -2.03. The molecule has 4 rings (SSSR count). The first-order chi connectivity index (χ1) is 14.3. The Hall–Kier alpha value is -2.62. The number of carbonyl (C=O) groups excluding carboxylic acids is 1. The molecule has 144 valence electrons. The van der Waals surface area contributed by atoms with Crippen LogP contribution in [0.3, 0.4) is 0 Å². The molecule has 0 radical (unpaired) electrons. The number of hydrogen-bond acceptors (Lipinski definition) is 3. The molecule has 29 heavy (non-hydrogen) atoms. The topological polar surface area (TPSA) is 17.1 Å². The van der Waals surface area contributed by atoms with Gasteiger partial charge in [-0.2, -0.15) is 0 Å². The highest BCUT2D eigenvalue weighted by Crippen LogP contribution is 2.31. The fraction of sp³-hybridized carbons (Fsp3) is 0.115. The monoisotopic (exact) mass is 414 g/mol. The van der Waals surface area contributed by atoms with Crippen molar-refractivity contribution >= 4 is 28.9 Å². The molecule has 0 fully saturated rings. The molecule has 3 aromatic carbocycles. The summed E-state index contributed by atoms with van der Waals surface area (Å²) in [6.07, 6.45) is 1.50. The highest BCUT2D eigenvalue weighted by molar-refractivity contribution is 7.99. The van der Waals surface area contributed by atoms with Crippen LogP contribution in [-0.4, -0.2) is 11.5 Å². The third kappa shape index (κ3) is 5.26. The Morgan fingerprint density at radius 3 is 2.03 bits per heavy atom. The van der Waals surface area contributed by atoms with E-state index in [1.807, 2.05) is 42.1 Å². The maximum absolute atomic E-state index is 12.5. The molecule has 0 aliphatic carbocycles. The van der Waals surface area contributed by atoms with Gasteiger partial charge < -0.3 is 0 Å². The van der Waals surface area contributed by atoms with E-state index < -0.39 is 0 Å². The van der Waals surface area contributed by atoms with E-state index in [2.05, 4.69) is 66.7 Å². The van der Waals surface area contributed by atoms with Crippen LogP contribution in [0.2, 0.25) is 0 Å². The Morgan fingerprint density at radius 2 is 1.31 bits per heavy atom. The van der Waals surface area contributed by atoms with Gasteiger partial charge in [-0.3, -0.25) is 4.79 Å². The number of ketones is 1. The average Bonchev–Trinajstić information content (AvgIpc) is 3.29. The summed E-state index contributed by atoms with van der Waals surface area (Å²) < 4.78 is 0. The standard InChI is InChI=1S/C26H22OS2/c27-24(12-7-19-28-23-10-5-2-6-11-23)26-18-17-25(29-26)22-15-13-21(14-16-22)20-8-3-1-4-9-20/h1-6,8-11,13-18H,7,12,19H2. The molecule has 0 spiro atoms. The maximum Gasteiger partial charge on any atom is 0.172 e. The van der Waals surface area contributed by atoms with Crippen LogP contribution in [0.4, 0.5) is 0 Å². The average molecular weight is 415 g/mol. The van der Waals surface area contributed by atoms with Crippen molar-refractivity contribution in [2.45, 2.75) is 17.7 Å². The summed E-state index contributed by atoms with van der Waals surface area (Å²) in [5, 5.41) is 0. The number of rotatable bonds is 8. The number of hydrogen-bond donors (Lipinski definition) is 0. The highest BCUT2D eigenvalue weighted by atomic mass is 32.2. The second kappa shape index (κ2) is 9.73. The summed E-state index contributed by atoms with van der Waals surface area (Å²) in [7, 11) is 0. The van der Waals surface area contributed by atoms with Crippen molar-refractivity contribution in [3.05, 3.63) is 102 Å². The third-order valence-electron chi connectivity index (χ3n) is 4.72. The van der Waals surface area contributed by atoms with Crippen LogP contribution in [-0.2, 0) is 0 Å². The van der Waals surface area contributed by atoms with Gasteiger partial charge in [0, 0.05) is 16.2 Å². The summed E-state index contributed by atoms with van der Waals surface area (Å²) in [5.74, 6) is 1.21. The summed E-state index contributed by atoms with van der Waals surface area (Å²) in [4.78, 5) is 15.8. The Bertz CT molecular complexity index is 1050. The number of thiophene rings is 1. The van der Waals surface area contributed by atoms with Crippen molar-refractivity contribution in [3.63, 3.8) is 0 Å². The van der Waals surface area contributed by atoms with Crippen LogP contribution in [0.5, 0.6) is 0 Å². The predicted octanol–water partition coefficient (Wildman–Crippen LogP) is 7.84. The summed E-state index contributed by atoms with van der Waals surface area (Å²) in [5.41, 5.74) is 3.58. The van der Waals surface area contributed by atoms with Gasteiger partial charge in [0.25, 0.3) is 0 Å². The number of benzene rings is 3. The van der Waals surface area contributed by atoms with Crippen molar-refractivity contribution in [3.8, 4) is 21.6 Å². The summed E-state index contributed by atoms with van der Waals surface area (Å²) >= 11 is 3.40. The van der Waals surface area contributed by atoms with Gasteiger partial charge in [-0.25, -0.2) is 0 Å². The van der Waals surface area contributed by atoms with Gasteiger partial charge in [-0.15, -0.1) is 23.1 Å². The Labute approximate surface area is 180 Å². The van der Waals surface area contributed by atoms with E-state index in [0.29, 0.717) is 6.42 Å². The van der Waals surface area contributed by atoms with Crippen LogP contribution in [0.25, 0.3) is 21.6 Å². The number of thioether (sulfide) groups is 1. The Morgan fingerprint density at radius 1 is 0.690 bits per heavy atom. The molecule has 0 unspecified atom stereocenters. The molecule has 4 aromatic rings. The van der Waals surface area contributed by atoms with Crippen LogP contribution < -0.4 is 0 Å². The molecule has 0 bridgehead atoms. The van der Waals surface area contributed by atoms with Crippen molar-refractivity contribution in [2.24, 2.45) is 0 Å². The first-order valence-corrected chi connectivity index (χ1v) is 11.6. The quantitative estimate of drug-likeness (QED) is 0.166. The van der Waals surface area contributed by atoms with Crippen LogP contribution in [0.15, 0.2) is 102 Å². The molecule has 1 heterocycles. The minimum atomic E-state index is 0.246. The second-order valence-electron chi connectivity index (χ2n) is 6.80. The normalized spacial score (nSPS) is 10.8. The Balaban J connectivity index is 1.33. The molecule has 0 saturated heterocycles. The SMILES string of the molecule is O=C(CCCSc1ccccc1)c1ccc(-c2ccc(-c3ccccc3)cc2)s1. The van der Waals surface area contributed by atoms with Crippen molar-refractivity contribution in [2.75, 3.05) is 5.75 Å². The molecule has 0 aliphatic heterocycles. The number of carbonyl (C=O) groups is 1. The molecule has 0 amide bonds. The molecule has 0 N–H and O–H groups in total. The van der Waals surface area contributed by atoms with E-state index in [9.17, 15) is 4.79 Å². The second-order valence-corrected chi connectivity index (χ2v) is 9.05. The van der Waals surface area contributed by atoms with Crippen LogP contribution in [0, 0.1) is 0 Å². The van der Waals surface area contributed by atoms with Crippen molar-refractivity contribution < 1.29 is 4.79 Å². The van der Waals surface area contributed by atoms with Gasteiger partial charge in [0.15, 0.2) is 5.78 Å². The lowest BCUT2D eigenvalue weighted by Crippen LogP contribution is -1.96. The van der Waals surface area contributed by atoms with Crippen molar-refractivity contribution in [1.82, 2.24) is 0 Å². The molecule has 0 aliphatic rings. The van der Waals surface area contributed by atoms with E-state index >= 15 is 0 Å². The molecule has 0 atom stereocenters. The molecule has 0 saturated carbocycles. The fourth-order valence-corrected chi connectivity index (χ4v) is 5.02. The summed E-state index contributed by atoms with van der Waals surface area (Å²) in [6.45, 7) is 0. The lowest BCUT2D eigenvalue weighted by molar-refractivity contribution is 0.0986. The minimum Gasteiger partial charge on any atom is -0.293 e. The van der Waals surface area contributed by atoms with Crippen molar-refractivity contribution in [1.29, 1.82) is 0 Å². The van der Waals surface area contributed by atoms with Gasteiger partial charge in [-0.1, -0.05) is 72.8 Å². The minimum absolute atomic E-state index is 0.246. The molecular weight excluding hydrogens is 392 g/mol. The zero-order chi connectivity index (χ0) is 19.9. The lowest BCUT2D eigenvalue weighted by atomic mass is 10.0. The van der Waals surface area contributed by atoms with Crippen LogP contribution >= 0.6 is 23.1 Å². The smallest absolute Gasteiger partial charge is 0.172 e. The molecular formula is C26H22OS2. The van der Waals surface area contributed by atoms with Gasteiger partial charge in [0.1, 0.15) is 0 Å². The first kappa shape index (κ1) is 19.7. The van der Waals surface area contributed by atoms with Gasteiger partial charge in [0.05, 0.1) is 4.88 Å².